The van der Waals surface area contributed by atoms with E-state index in [9.17, 15) is 0 Å². The van der Waals surface area contributed by atoms with Crippen molar-refractivity contribution in [2.75, 3.05) is 0 Å². The summed E-state index contributed by atoms with van der Waals surface area (Å²) in [5, 5.41) is 0. The molecule has 0 aliphatic carbocycles. The molecule has 0 spiro atoms. The molecule has 0 fully saturated rings. The third-order valence-corrected chi connectivity index (χ3v) is 1.89. The first kappa shape index (κ1) is 11.0. The minimum Gasteiger partial charge on any atom is -0.294 e. The lowest BCUT2D eigenvalue weighted by molar-refractivity contribution is 0.0642. The van der Waals surface area contributed by atoms with Crippen LogP contribution in [-0.4, -0.2) is 22.5 Å². The molecule has 0 rings (SSSR count). The van der Waals surface area contributed by atoms with Crippen molar-refractivity contribution in [1.82, 2.24) is 4.90 Å². The number of hydrogen-bond donors (Lipinski definition) is 0. The van der Waals surface area contributed by atoms with Crippen LogP contribution in [-0.2, 0) is 0 Å². The molecule has 0 aromatic heterocycles. The summed E-state index contributed by atoms with van der Waals surface area (Å²) in [6.07, 6.45) is 0. The van der Waals surface area contributed by atoms with E-state index in [1.807, 2.05) is 0 Å². The monoisotopic (exact) mass is 157 g/mol. The Morgan fingerprint density at radius 3 is 1.09 bits per heavy atom. The topological polar surface area (TPSA) is 3.24 Å². The van der Waals surface area contributed by atoms with Gasteiger partial charge in [-0.15, -0.1) is 0 Å². The molecule has 1 heteroatoms. The third kappa shape index (κ3) is 3.24. The van der Waals surface area contributed by atoms with E-state index < -0.39 is 0 Å². The van der Waals surface area contributed by atoms with Crippen LogP contribution in [0.3, 0.4) is 0 Å². The molecule has 11 heavy (non-hydrogen) atoms. The summed E-state index contributed by atoms with van der Waals surface area (Å²) >= 11 is 0. The van der Waals surface area contributed by atoms with Crippen molar-refractivity contribution in [3.05, 3.63) is 0 Å². The second kappa shape index (κ2) is 3.57. The maximum absolute atomic E-state index is 2.52. The molecular formula is C10H23N. The lowest BCUT2D eigenvalue weighted by Gasteiger charge is -2.42. The van der Waals surface area contributed by atoms with E-state index in [-0.39, 0.29) is 0 Å². The summed E-state index contributed by atoms with van der Waals surface area (Å²) < 4.78 is 0. The maximum atomic E-state index is 2.52. The maximum Gasteiger partial charge on any atom is 0.0130 e. The van der Waals surface area contributed by atoms with Gasteiger partial charge in [-0.3, -0.25) is 4.90 Å². The highest BCUT2D eigenvalue weighted by Gasteiger charge is 2.25. The summed E-state index contributed by atoms with van der Waals surface area (Å²) in [6.45, 7) is 15.8. The predicted molar refractivity (Wildman–Crippen MR) is 51.9 cm³/mol. The van der Waals surface area contributed by atoms with Crippen LogP contribution < -0.4 is 0 Å². The molecule has 0 amide bonds. The Hall–Kier alpha value is -0.0400. The van der Waals surface area contributed by atoms with Crippen LogP contribution in [0.5, 0.6) is 0 Å². The van der Waals surface area contributed by atoms with Crippen LogP contribution in [0.2, 0.25) is 0 Å². The van der Waals surface area contributed by atoms with Gasteiger partial charge in [-0.1, -0.05) is 0 Å². The fourth-order valence-corrected chi connectivity index (χ4v) is 2.15. The van der Waals surface area contributed by atoms with Crippen molar-refractivity contribution in [3.63, 3.8) is 0 Å². The van der Waals surface area contributed by atoms with Crippen molar-refractivity contribution in [2.45, 2.75) is 66.1 Å². The van der Waals surface area contributed by atoms with Gasteiger partial charge in [0.15, 0.2) is 0 Å². The zero-order valence-corrected chi connectivity index (χ0v) is 9.10. The molecule has 0 radical (unpaired) electrons. The molecule has 0 heterocycles. The first-order valence-corrected chi connectivity index (χ1v) is 4.55. The molecule has 0 aromatic rings. The minimum atomic E-state index is 0.294. The fraction of sp³-hybridized carbons (Fsp3) is 1.00. The number of rotatable bonds is 2. The van der Waals surface area contributed by atoms with Crippen molar-refractivity contribution < 1.29 is 0 Å². The van der Waals surface area contributed by atoms with Crippen LogP contribution in [0, 0.1) is 0 Å². The fourth-order valence-electron chi connectivity index (χ4n) is 2.15. The summed E-state index contributed by atoms with van der Waals surface area (Å²) in [7, 11) is 0. The predicted octanol–water partition coefficient (Wildman–Crippen LogP) is 2.90. The second-order valence-corrected chi connectivity index (χ2v) is 4.77. The Morgan fingerprint density at radius 1 is 0.818 bits per heavy atom. The van der Waals surface area contributed by atoms with Crippen molar-refractivity contribution in [1.29, 1.82) is 0 Å². The molecule has 0 aromatic carbocycles. The van der Waals surface area contributed by atoms with Gasteiger partial charge in [-0.25, -0.2) is 0 Å². The Labute approximate surface area is 71.8 Å². The lowest BCUT2D eigenvalue weighted by atomic mass is 10.0. The van der Waals surface area contributed by atoms with E-state index in [0.717, 1.165) is 0 Å². The van der Waals surface area contributed by atoms with Crippen LogP contribution in [0.1, 0.15) is 48.5 Å². The molecule has 0 saturated heterocycles. The zero-order valence-electron chi connectivity index (χ0n) is 9.10. The van der Waals surface area contributed by atoms with Crippen LogP contribution in [0.4, 0.5) is 0 Å². The standard InChI is InChI=1S/C10H23N/c1-8(2)11(9(3)4)10(5,6)7/h8-9H,1-7H3. The van der Waals surface area contributed by atoms with Gasteiger partial charge in [0.05, 0.1) is 0 Å². The van der Waals surface area contributed by atoms with E-state index in [1.165, 1.54) is 0 Å². The molecule has 0 saturated carbocycles. The first-order chi connectivity index (χ1) is 4.76. The lowest BCUT2D eigenvalue weighted by Crippen LogP contribution is -2.49. The van der Waals surface area contributed by atoms with Gasteiger partial charge in [0.2, 0.25) is 0 Å². The zero-order chi connectivity index (χ0) is 9.23. The van der Waals surface area contributed by atoms with Gasteiger partial charge < -0.3 is 0 Å². The molecular weight excluding hydrogens is 134 g/mol. The largest absolute Gasteiger partial charge is 0.294 e. The summed E-state index contributed by atoms with van der Waals surface area (Å²) in [6, 6.07) is 1.27. The minimum absolute atomic E-state index is 0.294. The van der Waals surface area contributed by atoms with Crippen molar-refractivity contribution in [2.24, 2.45) is 0 Å². The normalized spacial score (nSPS) is 13.6. The van der Waals surface area contributed by atoms with E-state index in [1.54, 1.807) is 0 Å². The first-order valence-electron chi connectivity index (χ1n) is 4.55. The van der Waals surface area contributed by atoms with Crippen molar-refractivity contribution in [3.8, 4) is 0 Å². The quantitative estimate of drug-likeness (QED) is 0.595. The van der Waals surface area contributed by atoms with Gasteiger partial charge in [0, 0.05) is 17.6 Å². The second-order valence-electron chi connectivity index (χ2n) is 4.77. The number of hydrogen-bond acceptors (Lipinski definition) is 1. The molecule has 0 bridgehead atoms. The van der Waals surface area contributed by atoms with Crippen LogP contribution in [0.25, 0.3) is 0 Å². The molecule has 0 aliphatic heterocycles. The van der Waals surface area contributed by atoms with Gasteiger partial charge in [0.1, 0.15) is 0 Å². The summed E-state index contributed by atoms with van der Waals surface area (Å²) in [4.78, 5) is 2.52. The Morgan fingerprint density at radius 2 is 1.09 bits per heavy atom. The molecule has 68 valence electrons. The van der Waals surface area contributed by atoms with E-state index in [2.05, 4.69) is 53.4 Å². The van der Waals surface area contributed by atoms with E-state index in [4.69, 9.17) is 0 Å². The van der Waals surface area contributed by atoms with E-state index >= 15 is 0 Å². The molecule has 0 atom stereocenters. The average molecular weight is 157 g/mol. The van der Waals surface area contributed by atoms with Crippen LogP contribution >= 0.6 is 0 Å². The SMILES string of the molecule is CC(C)N(C(C)C)C(C)(C)C. The highest BCUT2D eigenvalue weighted by molar-refractivity contribution is 4.81. The van der Waals surface area contributed by atoms with Crippen molar-refractivity contribution >= 4 is 0 Å². The highest BCUT2D eigenvalue weighted by atomic mass is 15.2. The third-order valence-electron chi connectivity index (χ3n) is 1.89. The Bertz CT molecular complexity index is 101. The Kier molecular flexibility index (Phi) is 3.56. The average Bonchev–Trinajstić information content (AvgIpc) is 1.54. The Balaban J connectivity index is 4.35. The highest BCUT2D eigenvalue weighted by Crippen LogP contribution is 2.19. The smallest absolute Gasteiger partial charge is 0.0130 e. The van der Waals surface area contributed by atoms with Gasteiger partial charge >= 0.3 is 0 Å². The number of nitrogens with zero attached hydrogens (tertiary/aromatic N) is 1. The van der Waals surface area contributed by atoms with Gasteiger partial charge in [-0.05, 0) is 48.5 Å². The molecule has 0 aliphatic rings. The van der Waals surface area contributed by atoms with Crippen LogP contribution in [0.15, 0.2) is 0 Å². The van der Waals surface area contributed by atoms with Gasteiger partial charge in [0.25, 0.3) is 0 Å². The molecule has 0 N–H and O–H groups in total. The molecule has 0 unspecified atom stereocenters. The van der Waals surface area contributed by atoms with Gasteiger partial charge in [-0.2, -0.15) is 0 Å². The van der Waals surface area contributed by atoms with E-state index in [0.29, 0.717) is 17.6 Å². The molecule has 1 nitrogen and oxygen atoms in total. The summed E-state index contributed by atoms with van der Waals surface area (Å²) in [5.74, 6) is 0. The summed E-state index contributed by atoms with van der Waals surface area (Å²) in [5.41, 5.74) is 0.294.